The first-order valence-electron chi connectivity index (χ1n) is 5.37. The van der Waals surface area contributed by atoms with Gasteiger partial charge in [-0.25, -0.2) is 4.57 Å². The van der Waals surface area contributed by atoms with E-state index >= 15 is 0 Å². The maximum absolute atomic E-state index is 10.4. The summed E-state index contributed by atoms with van der Waals surface area (Å²) < 4.78 is 14.7. The van der Waals surface area contributed by atoms with Gasteiger partial charge in [0.25, 0.3) is 0 Å². The fraction of sp³-hybridized carbons (Fsp3) is 1.00. The Morgan fingerprint density at radius 3 is 2.40 bits per heavy atom. The molecule has 1 saturated carbocycles. The third kappa shape index (κ3) is 5.64. The summed E-state index contributed by atoms with van der Waals surface area (Å²) in [6, 6.07) is 0. The summed E-state index contributed by atoms with van der Waals surface area (Å²) in [5.74, 6) is 0.277. The highest BCUT2D eigenvalue weighted by Gasteiger charge is 2.22. The Hall–Kier alpha value is 0.0700. The van der Waals surface area contributed by atoms with Gasteiger partial charge in [-0.15, -0.1) is 0 Å². The van der Waals surface area contributed by atoms with Crippen molar-refractivity contribution in [3.63, 3.8) is 0 Å². The predicted molar refractivity (Wildman–Crippen MR) is 55.2 cm³/mol. The maximum atomic E-state index is 10.4. The molecule has 0 aliphatic heterocycles. The van der Waals surface area contributed by atoms with Crippen LogP contribution in [-0.2, 0) is 9.09 Å². The molecular formula is C9H19O5P. The molecular weight excluding hydrogens is 219 g/mol. The number of aliphatic hydroxyl groups is 1. The summed E-state index contributed by atoms with van der Waals surface area (Å²) in [7, 11) is -4.37. The monoisotopic (exact) mass is 238 g/mol. The lowest BCUT2D eigenvalue weighted by Crippen LogP contribution is -2.24. The fourth-order valence-corrected chi connectivity index (χ4v) is 2.39. The first-order valence-corrected chi connectivity index (χ1v) is 6.90. The van der Waals surface area contributed by atoms with Gasteiger partial charge in [0.2, 0.25) is 0 Å². The minimum atomic E-state index is -4.37. The third-order valence-electron chi connectivity index (χ3n) is 2.87. The van der Waals surface area contributed by atoms with Crippen LogP contribution in [0.5, 0.6) is 0 Å². The predicted octanol–water partition coefficient (Wildman–Crippen LogP) is 1.43. The standard InChI is InChI=1S/C9H19O5P/c10-9(6-7-14-15(11,12)13)8-4-2-1-3-5-8/h8-10H,1-7H2,(H2,11,12,13). The molecule has 3 N–H and O–H groups in total. The molecule has 1 unspecified atom stereocenters. The van der Waals surface area contributed by atoms with Crippen molar-refractivity contribution in [1.29, 1.82) is 0 Å². The largest absolute Gasteiger partial charge is 0.469 e. The van der Waals surface area contributed by atoms with E-state index in [0.29, 0.717) is 6.42 Å². The van der Waals surface area contributed by atoms with Crippen LogP contribution >= 0.6 is 7.82 Å². The molecule has 0 heterocycles. The van der Waals surface area contributed by atoms with Gasteiger partial charge >= 0.3 is 7.82 Å². The van der Waals surface area contributed by atoms with Crippen LogP contribution in [0.15, 0.2) is 0 Å². The molecule has 0 spiro atoms. The lowest BCUT2D eigenvalue weighted by molar-refractivity contribution is 0.0591. The van der Waals surface area contributed by atoms with Gasteiger partial charge in [-0.05, 0) is 25.2 Å². The number of phosphoric ester groups is 1. The summed E-state index contributed by atoms with van der Waals surface area (Å²) >= 11 is 0. The zero-order valence-electron chi connectivity index (χ0n) is 8.71. The molecule has 1 fully saturated rings. The minimum Gasteiger partial charge on any atom is -0.393 e. The van der Waals surface area contributed by atoms with Crippen molar-refractivity contribution >= 4 is 7.82 Å². The van der Waals surface area contributed by atoms with E-state index in [4.69, 9.17) is 9.79 Å². The summed E-state index contributed by atoms with van der Waals surface area (Å²) in [6.07, 6.45) is 5.34. The van der Waals surface area contributed by atoms with Crippen molar-refractivity contribution in [3.05, 3.63) is 0 Å². The van der Waals surface area contributed by atoms with Gasteiger partial charge < -0.3 is 14.9 Å². The zero-order valence-corrected chi connectivity index (χ0v) is 9.60. The highest BCUT2D eigenvalue weighted by Crippen LogP contribution is 2.36. The Labute approximate surface area is 89.7 Å². The molecule has 0 aromatic carbocycles. The van der Waals surface area contributed by atoms with Crippen LogP contribution in [0.3, 0.4) is 0 Å². The van der Waals surface area contributed by atoms with Gasteiger partial charge in [0.15, 0.2) is 0 Å². The first kappa shape index (κ1) is 13.1. The van der Waals surface area contributed by atoms with Gasteiger partial charge in [0.1, 0.15) is 0 Å². The molecule has 6 heteroatoms. The molecule has 90 valence electrons. The van der Waals surface area contributed by atoms with Gasteiger partial charge in [-0.2, -0.15) is 0 Å². The highest BCUT2D eigenvalue weighted by molar-refractivity contribution is 7.46. The SMILES string of the molecule is O=P(O)(O)OCCC(O)C1CCCCC1. The molecule has 0 aromatic heterocycles. The average molecular weight is 238 g/mol. The van der Waals surface area contributed by atoms with Crippen LogP contribution in [0.2, 0.25) is 0 Å². The smallest absolute Gasteiger partial charge is 0.393 e. The molecule has 0 radical (unpaired) electrons. The molecule has 5 nitrogen and oxygen atoms in total. The number of rotatable bonds is 5. The molecule has 0 bridgehead atoms. The van der Waals surface area contributed by atoms with Crippen LogP contribution in [0, 0.1) is 5.92 Å². The van der Waals surface area contributed by atoms with E-state index in [2.05, 4.69) is 4.52 Å². The average Bonchev–Trinajstić information content (AvgIpc) is 2.17. The van der Waals surface area contributed by atoms with E-state index in [-0.39, 0.29) is 12.5 Å². The second-order valence-corrected chi connectivity index (χ2v) is 5.32. The van der Waals surface area contributed by atoms with Crippen molar-refractivity contribution in [2.45, 2.75) is 44.6 Å². The molecule has 1 atom stereocenters. The second kappa shape index (κ2) is 5.97. The van der Waals surface area contributed by atoms with Crippen molar-refractivity contribution in [3.8, 4) is 0 Å². The van der Waals surface area contributed by atoms with E-state index in [9.17, 15) is 9.67 Å². The molecule has 0 aromatic rings. The fourth-order valence-electron chi connectivity index (χ4n) is 2.05. The highest BCUT2D eigenvalue weighted by atomic mass is 31.2. The number of aliphatic hydroxyl groups excluding tert-OH is 1. The molecule has 15 heavy (non-hydrogen) atoms. The third-order valence-corrected chi connectivity index (χ3v) is 3.39. The maximum Gasteiger partial charge on any atom is 0.469 e. The number of phosphoric acid groups is 1. The van der Waals surface area contributed by atoms with E-state index in [1.807, 2.05) is 0 Å². The van der Waals surface area contributed by atoms with Crippen molar-refractivity contribution in [2.24, 2.45) is 5.92 Å². The molecule has 1 aliphatic carbocycles. The lowest BCUT2D eigenvalue weighted by atomic mass is 9.84. The minimum absolute atomic E-state index is 0.0814. The summed E-state index contributed by atoms with van der Waals surface area (Å²) in [5, 5.41) is 9.74. The summed E-state index contributed by atoms with van der Waals surface area (Å²) in [5.41, 5.74) is 0. The molecule has 0 amide bonds. The quantitative estimate of drug-likeness (QED) is 0.630. The van der Waals surface area contributed by atoms with E-state index in [1.54, 1.807) is 0 Å². The Balaban J connectivity index is 2.17. The van der Waals surface area contributed by atoms with E-state index in [0.717, 1.165) is 25.7 Å². The van der Waals surface area contributed by atoms with Crippen LogP contribution < -0.4 is 0 Å². The Kier molecular flexibility index (Phi) is 5.23. The topological polar surface area (TPSA) is 87.0 Å². The molecule has 1 rings (SSSR count). The Morgan fingerprint density at radius 1 is 1.27 bits per heavy atom. The Morgan fingerprint density at radius 2 is 1.87 bits per heavy atom. The van der Waals surface area contributed by atoms with Crippen molar-refractivity contribution in [2.75, 3.05) is 6.61 Å². The van der Waals surface area contributed by atoms with Crippen LogP contribution in [0.4, 0.5) is 0 Å². The summed E-state index contributed by atoms with van der Waals surface area (Å²) in [4.78, 5) is 16.9. The van der Waals surface area contributed by atoms with Crippen molar-refractivity contribution in [1.82, 2.24) is 0 Å². The van der Waals surface area contributed by atoms with Gasteiger partial charge in [-0.3, -0.25) is 4.52 Å². The van der Waals surface area contributed by atoms with E-state index in [1.165, 1.54) is 6.42 Å². The second-order valence-electron chi connectivity index (χ2n) is 4.08. The molecule has 0 saturated heterocycles. The van der Waals surface area contributed by atoms with Gasteiger partial charge in [0.05, 0.1) is 12.7 Å². The first-order chi connectivity index (χ1) is 6.99. The zero-order chi connectivity index (χ0) is 11.3. The Bertz CT molecular complexity index is 221. The number of hydrogen-bond acceptors (Lipinski definition) is 3. The number of hydrogen-bond donors (Lipinski definition) is 3. The van der Waals surface area contributed by atoms with Crippen LogP contribution in [-0.4, -0.2) is 27.6 Å². The van der Waals surface area contributed by atoms with E-state index < -0.39 is 13.9 Å². The van der Waals surface area contributed by atoms with Crippen LogP contribution in [0.1, 0.15) is 38.5 Å². The normalized spacial score (nSPS) is 21.5. The lowest BCUT2D eigenvalue weighted by Gasteiger charge is -2.26. The van der Waals surface area contributed by atoms with Gasteiger partial charge in [0, 0.05) is 0 Å². The van der Waals surface area contributed by atoms with Crippen LogP contribution in [0.25, 0.3) is 0 Å². The van der Waals surface area contributed by atoms with Gasteiger partial charge in [-0.1, -0.05) is 19.3 Å². The summed E-state index contributed by atoms with van der Waals surface area (Å²) in [6.45, 7) is -0.0814. The molecule has 1 aliphatic rings. The van der Waals surface area contributed by atoms with Crippen molar-refractivity contribution < 1.29 is 24.0 Å².